The standard InChI is InChI=1S/C17H20N4O2/c1-2-12-3-4-14(11-15(12)21-16(22)5-8-18)20-17(23)13-6-9-19-10-7-13/h3-4,6-7,9-11H,2,5,8,18H2,1H3,(H,20,23)(H,21,22). The number of nitrogens with two attached hydrogens (primary N) is 1. The van der Waals surface area contributed by atoms with E-state index in [1.807, 2.05) is 19.1 Å². The third-order valence-electron chi connectivity index (χ3n) is 3.34. The fourth-order valence-electron chi connectivity index (χ4n) is 2.13. The topological polar surface area (TPSA) is 97.1 Å². The summed E-state index contributed by atoms with van der Waals surface area (Å²) in [6.45, 7) is 2.30. The van der Waals surface area contributed by atoms with Crippen LogP contribution >= 0.6 is 0 Å². The van der Waals surface area contributed by atoms with Crippen LogP contribution in [0.3, 0.4) is 0 Å². The summed E-state index contributed by atoms with van der Waals surface area (Å²) in [6, 6.07) is 8.74. The molecule has 2 aromatic rings. The first kappa shape index (κ1) is 16.6. The minimum atomic E-state index is -0.226. The fraction of sp³-hybridized carbons (Fsp3) is 0.235. The van der Waals surface area contributed by atoms with Crippen molar-refractivity contribution in [2.75, 3.05) is 17.2 Å². The minimum Gasteiger partial charge on any atom is -0.330 e. The van der Waals surface area contributed by atoms with E-state index in [1.165, 1.54) is 0 Å². The van der Waals surface area contributed by atoms with Crippen LogP contribution in [0.2, 0.25) is 0 Å². The van der Waals surface area contributed by atoms with Gasteiger partial charge in [0.2, 0.25) is 5.91 Å². The Morgan fingerprint density at radius 1 is 1.13 bits per heavy atom. The van der Waals surface area contributed by atoms with Gasteiger partial charge in [0, 0.05) is 42.3 Å². The predicted molar refractivity (Wildman–Crippen MR) is 90.3 cm³/mol. The second-order valence-electron chi connectivity index (χ2n) is 5.00. The minimum absolute atomic E-state index is 0.139. The second-order valence-corrected chi connectivity index (χ2v) is 5.00. The van der Waals surface area contributed by atoms with Gasteiger partial charge in [0.1, 0.15) is 0 Å². The van der Waals surface area contributed by atoms with Gasteiger partial charge in [-0.25, -0.2) is 0 Å². The first-order chi connectivity index (χ1) is 11.1. The van der Waals surface area contributed by atoms with E-state index < -0.39 is 0 Å². The normalized spacial score (nSPS) is 10.2. The van der Waals surface area contributed by atoms with Crippen LogP contribution in [0, 0.1) is 0 Å². The van der Waals surface area contributed by atoms with Gasteiger partial charge in [0.25, 0.3) is 5.91 Å². The number of nitrogens with one attached hydrogen (secondary N) is 2. The summed E-state index contributed by atoms with van der Waals surface area (Å²) in [7, 11) is 0. The zero-order valence-electron chi connectivity index (χ0n) is 13.0. The number of nitrogens with zero attached hydrogens (tertiary/aromatic N) is 1. The highest BCUT2D eigenvalue weighted by atomic mass is 16.2. The molecule has 4 N–H and O–H groups in total. The van der Waals surface area contributed by atoms with E-state index in [1.54, 1.807) is 30.6 Å². The molecule has 0 fully saturated rings. The molecular weight excluding hydrogens is 292 g/mol. The number of carbonyl (C=O) groups is 2. The van der Waals surface area contributed by atoms with E-state index in [-0.39, 0.29) is 18.2 Å². The summed E-state index contributed by atoms with van der Waals surface area (Å²) in [5.41, 5.74) is 8.22. The van der Waals surface area contributed by atoms with Crippen molar-refractivity contribution < 1.29 is 9.59 Å². The summed E-state index contributed by atoms with van der Waals surface area (Å²) in [5.74, 6) is -0.365. The number of aryl methyl sites for hydroxylation is 1. The molecule has 23 heavy (non-hydrogen) atoms. The molecule has 6 nitrogen and oxygen atoms in total. The van der Waals surface area contributed by atoms with Crippen molar-refractivity contribution in [1.29, 1.82) is 0 Å². The number of benzene rings is 1. The maximum Gasteiger partial charge on any atom is 0.255 e. The van der Waals surface area contributed by atoms with Crippen molar-refractivity contribution in [1.82, 2.24) is 4.98 Å². The van der Waals surface area contributed by atoms with Crippen molar-refractivity contribution in [2.45, 2.75) is 19.8 Å². The number of aromatic nitrogens is 1. The molecule has 120 valence electrons. The van der Waals surface area contributed by atoms with Gasteiger partial charge in [-0.15, -0.1) is 0 Å². The van der Waals surface area contributed by atoms with Crippen LogP contribution < -0.4 is 16.4 Å². The average molecular weight is 312 g/mol. The number of amides is 2. The van der Waals surface area contributed by atoms with Crippen LogP contribution in [0.15, 0.2) is 42.7 Å². The zero-order valence-corrected chi connectivity index (χ0v) is 13.0. The van der Waals surface area contributed by atoms with E-state index >= 15 is 0 Å². The number of anilines is 2. The number of carbonyl (C=O) groups excluding carboxylic acids is 2. The molecule has 0 aliphatic carbocycles. The van der Waals surface area contributed by atoms with Crippen LogP contribution in [0.5, 0.6) is 0 Å². The zero-order chi connectivity index (χ0) is 16.7. The Bertz CT molecular complexity index is 686. The van der Waals surface area contributed by atoms with Crippen molar-refractivity contribution in [2.24, 2.45) is 5.73 Å². The summed E-state index contributed by atoms with van der Waals surface area (Å²) >= 11 is 0. The van der Waals surface area contributed by atoms with Crippen molar-refractivity contribution in [3.8, 4) is 0 Å². The van der Waals surface area contributed by atoms with Gasteiger partial charge >= 0.3 is 0 Å². The molecule has 0 bridgehead atoms. The molecule has 0 unspecified atom stereocenters. The molecule has 1 aromatic carbocycles. The number of hydrogen-bond donors (Lipinski definition) is 3. The van der Waals surface area contributed by atoms with Gasteiger partial charge in [-0.05, 0) is 36.2 Å². The molecule has 6 heteroatoms. The van der Waals surface area contributed by atoms with E-state index in [2.05, 4.69) is 15.6 Å². The van der Waals surface area contributed by atoms with E-state index in [9.17, 15) is 9.59 Å². The van der Waals surface area contributed by atoms with Gasteiger partial charge in [0.05, 0.1) is 0 Å². The lowest BCUT2D eigenvalue weighted by molar-refractivity contribution is -0.116. The SMILES string of the molecule is CCc1ccc(NC(=O)c2ccncc2)cc1NC(=O)CCN. The lowest BCUT2D eigenvalue weighted by atomic mass is 10.1. The molecule has 0 saturated carbocycles. The number of hydrogen-bond acceptors (Lipinski definition) is 4. The van der Waals surface area contributed by atoms with Crippen molar-refractivity contribution in [3.05, 3.63) is 53.9 Å². The van der Waals surface area contributed by atoms with Gasteiger partial charge in [-0.1, -0.05) is 13.0 Å². The number of rotatable bonds is 6. The molecule has 0 aliphatic rings. The van der Waals surface area contributed by atoms with Crippen LogP contribution in [0.1, 0.15) is 29.3 Å². The highest BCUT2D eigenvalue weighted by Gasteiger charge is 2.09. The average Bonchev–Trinajstić information content (AvgIpc) is 2.56. The van der Waals surface area contributed by atoms with Gasteiger partial charge in [-0.2, -0.15) is 0 Å². The summed E-state index contributed by atoms with van der Waals surface area (Å²) < 4.78 is 0. The lowest BCUT2D eigenvalue weighted by Crippen LogP contribution is -2.17. The van der Waals surface area contributed by atoms with E-state index in [4.69, 9.17) is 5.73 Å². The quantitative estimate of drug-likeness (QED) is 0.761. The Balaban J connectivity index is 2.16. The Morgan fingerprint density at radius 2 is 1.87 bits per heavy atom. The molecule has 0 radical (unpaired) electrons. The molecule has 0 aliphatic heterocycles. The molecule has 1 heterocycles. The van der Waals surface area contributed by atoms with Crippen molar-refractivity contribution in [3.63, 3.8) is 0 Å². The third-order valence-corrected chi connectivity index (χ3v) is 3.34. The van der Waals surface area contributed by atoms with E-state index in [0.717, 1.165) is 12.0 Å². The second kappa shape index (κ2) is 8.05. The molecule has 0 spiro atoms. The maximum absolute atomic E-state index is 12.2. The maximum atomic E-state index is 12.2. The van der Waals surface area contributed by atoms with Crippen LogP contribution in [0.4, 0.5) is 11.4 Å². The first-order valence-corrected chi connectivity index (χ1v) is 7.48. The van der Waals surface area contributed by atoms with Gasteiger partial charge in [0.15, 0.2) is 0 Å². The van der Waals surface area contributed by atoms with Crippen molar-refractivity contribution >= 4 is 23.2 Å². The molecule has 2 amide bonds. The highest BCUT2D eigenvalue weighted by molar-refractivity contribution is 6.04. The monoisotopic (exact) mass is 312 g/mol. The predicted octanol–water partition coefficient (Wildman–Crippen LogP) is 2.18. The van der Waals surface area contributed by atoms with Crippen LogP contribution in [0.25, 0.3) is 0 Å². The molecule has 2 rings (SSSR count). The highest BCUT2D eigenvalue weighted by Crippen LogP contribution is 2.22. The van der Waals surface area contributed by atoms with Gasteiger partial charge < -0.3 is 16.4 Å². The smallest absolute Gasteiger partial charge is 0.255 e. The summed E-state index contributed by atoms with van der Waals surface area (Å²) in [6.07, 6.45) is 4.16. The Kier molecular flexibility index (Phi) is 5.82. The van der Waals surface area contributed by atoms with Crippen LogP contribution in [-0.2, 0) is 11.2 Å². The third kappa shape index (κ3) is 4.62. The lowest BCUT2D eigenvalue weighted by Gasteiger charge is -2.13. The Labute approximate surface area is 135 Å². The Morgan fingerprint density at radius 3 is 2.52 bits per heavy atom. The molecule has 0 saturated heterocycles. The molecule has 0 atom stereocenters. The molecular formula is C17H20N4O2. The number of pyridine rings is 1. The summed E-state index contributed by atoms with van der Waals surface area (Å²) in [4.78, 5) is 27.8. The Hall–Kier alpha value is -2.73. The fourth-order valence-corrected chi connectivity index (χ4v) is 2.13. The van der Waals surface area contributed by atoms with E-state index in [0.29, 0.717) is 23.5 Å². The molecule has 1 aromatic heterocycles. The van der Waals surface area contributed by atoms with Gasteiger partial charge in [-0.3, -0.25) is 14.6 Å². The van der Waals surface area contributed by atoms with Crippen LogP contribution in [-0.4, -0.2) is 23.3 Å². The summed E-state index contributed by atoms with van der Waals surface area (Å²) in [5, 5.41) is 5.65. The largest absolute Gasteiger partial charge is 0.330 e. The first-order valence-electron chi connectivity index (χ1n) is 7.48.